The van der Waals surface area contributed by atoms with Crippen molar-refractivity contribution < 1.29 is 4.70 Å². The molecule has 1 aliphatic rings. The molecule has 1 saturated heterocycles. The van der Waals surface area contributed by atoms with E-state index in [1.807, 2.05) is 0 Å². The van der Waals surface area contributed by atoms with Crippen molar-refractivity contribution in [3.05, 3.63) is 0 Å². The third kappa shape index (κ3) is 1.31. The first-order valence-electron chi connectivity index (χ1n) is 3.52. The van der Waals surface area contributed by atoms with E-state index in [4.69, 9.17) is 28.9 Å². The van der Waals surface area contributed by atoms with Gasteiger partial charge in [0.2, 0.25) is 0 Å². The Morgan fingerprint density at radius 2 is 1.58 bits per heavy atom. The minimum absolute atomic E-state index is 0.105. The Hall–Kier alpha value is 0.360. The van der Waals surface area contributed by atoms with Gasteiger partial charge in [0.05, 0.1) is 9.97 Å². The van der Waals surface area contributed by atoms with Gasteiger partial charge in [-0.25, -0.2) is 0 Å². The Kier molecular flexibility index (Phi) is 2.83. The average Bonchev–Trinajstić information content (AvgIpc) is 2.15. The number of alkyl halides is 1. The Morgan fingerprint density at radius 1 is 1.08 bits per heavy atom. The highest BCUT2D eigenvalue weighted by molar-refractivity contribution is 14.2. The van der Waals surface area contributed by atoms with Gasteiger partial charge in [0, 0.05) is 0 Å². The van der Waals surface area contributed by atoms with Crippen molar-refractivity contribution in [1.29, 1.82) is 0 Å². The first-order valence-corrected chi connectivity index (χ1v) is 6.29. The maximum absolute atomic E-state index is 5.81. The van der Waals surface area contributed by atoms with E-state index in [-0.39, 0.29) is 41.6 Å². The molecule has 0 aromatic carbocycles. The largest absolute Gasteiger partial charge is 0.320 e. The minimum Gasteiger partial charge on any atom is -0.320 e. The standard InChI is InChI=1S/C5H16IN6/c1-6-2-3(7)5(9)12(10,11)4(2)8/h2-5H,1,7-11H2/q+1. The van der Waals surface area contributed by atoms with Gasteiger partial charge in [0.1, 0.15) is 0 Å². The molecule has 0 aromatic heterocycles. The van der Waals surface area contributed by atoms with Crippen molar-refractivity contribution in [3.63, 3.8) is 0 Å². The molecule has 72 valence electrons. The van der Waals surface area contributed by atoms with Crippen LogP contribution in [0.15, 0.2) is 0 Å². The molecule has 0 saturated carbocycles. The number of hydrogen-bond acceptors (Lipinski definition) is 5. The van der Waals surface area contributed by atoms with Crippen LogP contribution in [0.2, 0.25) is 0 Å². The quantitative estimate of drug-likeness (QED) is 0.154. The van der Waals surface area contributed by atoms with Crippen LogP contribution in [0.1, 0.15) is 0 Å². The lowest BCUT2D eigenvalue weighted by Gasteiger charge is -2.29. The summed E-state index contributed by atoms with van der Waals surface area (Å²) in [6, 6.07) is -0.222. The molecule has 1 aliphatic heterocycles. The van der Waals surface area contributed by atoms with Gasteiger partial charge in [0.25, 0.3) is 0 Å². The lowest BCUT2D eigenvalue weighted by molar-refractivity contribution is -0.983. The van der Waals surface area contributed by atoms with E-state index in [9.17, 15) is 0 Å². The van der Waals surface area contributed by atoms with E-state index in [1.165, 1.54) is 0 Å². The summed E-state index contributed by atoms with van der Waals surface area (Å²) in [5.74, 6) is 11.4. The molecule has 1 rings (SSSR count). The first kappa shape index (κ1) is 10.4. The van der Waals surface area contributed by atoms with E-state index < -0.39 is 6.17 Å². The smallest absolute Gasteiger partial charge is 0.193 e. The van der Waals surface area contributed by atoms with Crippen LogP contribution >= 0.6 is 20.7 Å². The SMILES string of the molecule is C=IC1C(N)C(N)[N+](N)(N)C1N. The third-order valence-electron chi connectivity index (χ3n) is 2.30. The van der Waals surface area contributed by atoms with Gasteiger partial charge in [-0.3, -0.25) is 11.5 Å². The highest BCUT2D eigenvalue weighted by Crippen LogP contribution is 2.27. The molecule has 0 radical (unpaired) electrons. The number of hydrogen-bond donors (Lipinski definition) is 5. The maximum Gasteiger partial charge on any atom is 0.193 e. The highest BCUT2D eigenvalue weighted by atomic mass is 127. The second-order valence-electron chi connectivity index (χ2n) is 3.05. The molecule has 0 spiro atoms. The van der Waals surface area contributed by atoms with Gasteiger partial charge in [0.15, 0.2) is 12.3 Å². The molecule has 12 heavy (non-hydrogen) atoms. The van der Waals surface area contributed by atoms with Crippen LogP contribution in [-0.2, 0) is 0 Å². The molecule has 0 aromatic rings. The number of halogens is 1. The predicted octanol–water partition coefficient (Wildman–Crippen LogP) is -2.77. The summed E-state index contributed by atoms with van der Waals surface area (Å²) in [7, 11) is 0. The molecule has 1 heterocycles. The third-order valence-corrected chi connectivity index (χ3v) is 4.88. The number of nitrogens with two attached hydrogens (primary N) is 5. The van der Waals surface area contributed by atoms with Crippen molar-refractivity contribution in [3.8, 4) is 0 Å². The molecule has 6 nitrogen and oxygen atoms in total. The van der Waals surface area contributed by atoms with Crippen LogP contribution in [0, 0.1) is 0 Å². The van der Waals surface area contributed by atoms with Gasteiger partial charge in [-0.05, 0) is 0 Å². The van der Waals surface area contributed by atoms with Gasteiger partial charge >= 0.3 is 0 Å². The second kappa shape index (κ2) is 3.25. The summed E-state index contributed by atoms with van der Waals surface area (Å²) in [5.41, 5.74) is 17.3. The number of quaternary nitrogens is 1. The van der Waals surface area contributed by atoms with Crippen LogP contribution in [0.3, 0.4) is 0 Å². The lowest BCUT2D eigenvalue weighted by atomic mass is 10.2. The summed E-state index contributed by atoms with van der Waals surface area (Å²) < 4.78 is 3.57. The summed E-state index contributed by atoms with van der Waals surface area (Å²) in [6.45, 7) is 0. The van der Waals surface area contributed by atoms with E-state index in [0.717, 1.165) is 0 Å². The Morgan fingerprint density at radius 3 is 1.75 bits per heavy atom. The van der Waals surface area contributed by atoms with Gasteiger partial charge in [-0.15, -0.1) is 25.4 Å². The summed E-state index contributed by atoms with van der Waals surface area (Å²) >= 11 is -0.319. The zero-order chi connectivity index (χ0) is 9.52. The van der Waals surface area contributed by atoms with Crippen molar-refractivity contribution in [2.45, 2.75) is 22.3 Å². The zero-order valence-corrected chi connectivity index (χ0v) is 8.89. The first-order chi connectivity index (χ1) is 5.42. The Labute approximate surface area is 81.3 Å². The molecule has 1 fully saturated rings. The van der Waals surface area contributed by atoms with Crippen LogP contribution in [0.25, 0.3) is 0 Å². The summed E-state index contributed by atoms with van der Waals surface area (Å²) in [5, 5.41) is 0. The van der Waals surface area contributed by atoms with Crippen molar-refractivity contribution in [2.75, 3.05) is 0 Å². The average molecular weight is 287 g/mol. The molecule has 4 atom stereocenters. The van der Waals surface area contributed by atoms with Crippen molar-refractivity contribution >= 4 is 25.2 Å². The number of rotatable bonds is 1. The van der Waals surface area contributed by atoms with E-state index >= 15 is 0 Å². The molecule has 0 amide bonds. The second-order valence-corrected chi connectivity index (χ2v) is 5.37. The summed E-state index contributed by atoms with van der Waals surface area (Å²) in [4.78, 5) is 0. The van der Waals surface area contributed by atoms with E-state index in [1.54, 1.807) is 0 Å². The molecule has 7 heteroatoms. The molecular formula is C5H16IN6+. The predicted molar refractivity (Wildman–Crippen MR) is 57.5 cm³/mol. The van der Waals surface area contributed by atoms with Gasteiger partial charge in [-0.2, -0.15) is 11.7 Å². The zero-order valence-electron chi connectivity index (χ0n) is 6.73. The Bertz CT molecular complexity index is 194. The van der Waals surface area contributed by atoms with Crippen LogP contribution in [0.4, 0.5) is 0 Å². The number of nitrogens with zero attached hydrogens (tertiary/aromatic N) is 1. The fraction of sp³-hybridized carbons (Fsp3) is 0.800. The lowest BCUT2D eigenvalue weighted by Crippen LogP contribution is -2.74. The van der Waals surface area contributed by atoms with Crippen LogP contribution < -0.4 is 28.9 Å². The topological polar surface area (TPSA) is 130 Å². The van der Waals surface area contributed by atoms with E-state index in [2.05, 4.69) is 4.51 Å². The molecule has 0 bridgehead atoms. The fourth-order valence-corrected chi connectivity index (χ4v) is 3.44. The Balaban J connectivity index is 2.93. The maximum atomic E-state index is 5.81. The van der Waals surface area contributed by atoms with Gasteiger partial charge in [-0.1, -0.05) is 4.51 Å². The van der Waals surface area contributed by atoms with Crippen molar-refractivity contribution in [1.82, 2.24) is 0 Å². The minimum atomic E-state index is -0.480. The van der Waals surface area contributed by atoms with Crippen LogP contribution in [-0.4, -0.2) is 31.5 Å². The van der Waals surface area contributed by atoms with Crippen molar-refractivity contribution in [2.24, 2.45) is 28.9 Å². The van der Waals surface area contributed by atoms with E-state index in [0.29, 0.717) is 0 Å². The van der Waals surface area contributed by atoms with Gasteiger partial charge < -0.3 is 5.73 Å². The molecule has 10 N–H and O–H groups in total. The monoisotopic (exact) mass is 287 g/mol. The normalized spacial score (nSPS) is 46.4. The highest BCUT2D eigenvalue weighted by Gasteiger charge is 2.54. The van der Waals surface area contributed by atoms with Crippen LogP contribution in [0.5, 0.6) is 0 Å². The molecule has 0 aliphatic carbocycles. The molecular weight excluding hydrogens is 271 g/mol. The summed E-state index contributed by atoms with van der Waals surface area (Å²) in [6.07, 6.45) is -0.855. The molecule has 4 unspecified atom stereocenters. The fourth-order valence-electron chi connectivity index (χ4n) is 1.35.